The summed E-state index contributed by atoms with van der Waals surface area (Å²) in [6, 6.07) is 8.45. The topological polar surface area (TPSA) is 42.7 Å². The Morgan fingerprint density at radius 2 is 2.00 bits per heavy atom. The van der Waals surface area contributed by atoms with Crippen LogP contribution < -0.4 is 5.32 Å². The normalized spacial score (nSPS) is 17.0. The summed E-state index contributed by atoms with van der Waals surface area (Å²) in [7, 11) is 0. The SMILES string of the molecule is CC(C)(C)n1ncnc1CNC1(c2ccccc2Br)CC1. The highest BCUT2D eigenvalue weighted by molar-refractivity contribution is 9.10. The van der Waals surface area contributed by atoms with Crippen molar-refractivity contribution in [2.75, 3.05) is 0 Å². The van der Waals surface area contributed by atoms with E-state index in [-0.39, 0.29) is 11.1 Å². The Morgan fingerprint density at radius 1 is 1.29 bits per heavy atom. The molecule has 0 spiro atoms. The zero-order valence-electron chi connectivity index (χ0n) is 12.7. The van der Waals surface area contributed by atoms with Crippen molar-refractivity contribution < 1.29 is 0 Å². The summed E-state index contributed by atoms with van der Waals surface area (Å²) in [5.74, 6) is 0.987. The van der Waals surface area contributed by atoms with E-state index in [4.69, 9.17) is 0 Å². The molecule has 3 rings (SSSR count). The van der Waals surface area contributed by atoms with Crippen LogP contribution in [-0.4, -0.2) is 14.8 Å². The second-order valence-corrected chi connectivity index (χ2v) is 7.53. The largest absolute Gasteiger partial charge is 0.300 e. The molecule has 1 aromatic heterocycles. The summed E-state index contributed by atoms with van der Waals surface area (Å²) < 4.78 is 3.17. The summed E-state index contributed by atoms with van der Waals surface area (Å²) in [5.41, 5.74) is 1.39. The first-order chi connectivity index (χ1) is 9.92. The van der Waals surface area contributed by atoms with Crippen LogP contribution in [0.3, 0.4) is 0 Å². The highest BCUT2D eigenvalue weighted by Gasteiger charge is 2.45. The van der Waals surface area contributed by atoms with E-state index in [0.717, 1.165) is 12.4 Å². The van der Waals surface area contributed by atoms with Crippen molar-refractivity contribution >= 4 is 15.9 Å². The number of rotatable bonds is 4. The summed E-state index contributed by atoms with van der Waals surface area (Å²) in [4.78, 5) is 4.41. The van der Waals surface area contributed by atoms with Gasteiger partial charge in [-0.15, -0.1) is 0 Å². The van der Waals surface area contributed by atoms with Gasteiger partial charge in [0.2, 0.25) is 0 Å². The van der Waals surface area contributed by atoms with E-state index in [0.29, 0.717) is 0 Å². The highest BCUT2D eigenvalue weighted by atomic mass is 79.9. The molecule has 112 valence electrons. The fourth-order valence-electron chi connectivity index (χ4n) is 2.71. The standard InChI is InChI=1S/C16H21BrN4/c1-15(2,3)21-14(18-11-20-21)10-19-16(8-9-16)12-6-4-5-7-13(12)17/h4-7,11,19H,8-10H2,1-3H3. The zero-order chi connectivity index (χ0) is 15.1. The molecular weight excluding hydrogens is 328 g/mol. The maximum Gasteiger partial charge on any atom is 0.141 e. The van der Waals surface area contributed by atoms with Crippen LogP contribution >= 0.6 is 15.9 Å². The minimum Gasteiger partial charge on any atom is -0.300 e. The van der Waals surface area contributed by atoms with Crippen LogP contribution in [0, 0.1) is 0 Å². The number of hydrogen-bond acceptors (Lipinski definition) is 3. The van der Waals surface area contributed by atoms with Crippen LogP contribution in [0.1, 0.15) is 45.0 Å². The Hall–Kier alpha value is -1.20. The molecule has 1 fully saturated rings. The fourth-order valence-corrected chi connectivity index (χ4v) is 3.37. The van der Waals surface area contributed by atoms with Crippen molar-refractivity contribution in [2.45, 2.75) is 51.2 Å². The lowest BCUT2D eigenvalue weighted by molar-refractivity contribution is 0.333. The Labute approximate surface area is 134 Å². The van der Waals surface area contributed by atoms with Crippen molar-refractivity contribution in [3.63, 3.8) is 0 Å². The summed E-state index contributed by atoms with van der Waals surface area (Å²) in [6.07, 6.45) is 3.97. The van der Waals surface area contributed by atoms with Gasteiger partial charge in [-0.1, -0.05) is 34.1 Å². The number of nitrogens with one attached hydrogen (secondary N) is 1. The van der Waals surface area contributed by atoms with Gasteiger partial charge in [-0.3, -0.25) is 0 Å². The van der Waals surface area contributed by atoms with Crippen LogP contribution in [-0.2, 0) is 17.6 Å². The third kappa shape index (κ3) is 2.90. The first-order valence-electron chi connectivity index (χ1n) is 7.32. The molecule has 2 aromatic rings. The molecular formula is C16H21BrN4. The smallest absolute Gasteiger partial charge is 0.141 e. The lowest BCUT2D eigenvalue weighted by atomic mass is 10.1. The van der Waals surface area contributed by atoms with Gasteiger partial charge in [-0.2, -0.15) is 5.10 Å². The van der Waals surface area contributed by atoms with Gasteiger partial charge in [0, 0.05) is 10.0 Å². The van der Waals surface area contributed by atoms with Crippen molar-refractivity contribution in [3.8, 4) is 0 Å². The molecule has 0 aliphatic heterocycles. The molecule has 1 N–H and O–H groups in total. The summed E-state index contributed by atoms with van der Waals surface area (Å²) in [6.45, 7) is 7.17. The van der Waals surface area contributed by atoms with E-state index < -0.39 is 0 Å². The first-order valence-corrected chi connectivity index (χ1v) is 8.11. The van der Waals surface area contributed by atoms with Gasteiger partial charge < -0.3 is 5.32 Å². The molecule has 21 heavy (non-hydrogen) atoms. The van der Waals surface area contributed by atoms with Gasteiger partial charge in [0.1, 0.15) is 12.2 Å². The lowest BCUT2D eigenvalue weighted by Gasteiger charge is -2.23. The molecule has 1 aliphatic rings. The van der Waals surface area contributed by atoms with Gasteiger partial charge in [-0.05, 0) is 45.2 Å². The van der Waals surface area contributed by atoms with Crippen LogP contribution in [0.2, 0.25) is 0 Å². The Balaban J connectivity index is 1.77. The van der Waals surface area contributed by atoms with Crippen LogP contribution in [0.5, 0.6) is 0 Å². The third-order valence-electron chi connectivity index (χ3n) is 3.98. The molecule has 5 heteroatoms. The van der Waals surface area contributed by atoms with E-state index in [1.165, 1.54) is 22.9 Å². The van der Waals surface area contributed by atoms with Crippen molar-refractivity contribution in [1.82, 2.24) is 20.1 Å². The molecule has 0 radical (unpaired) electrons. The molecule has 0 amide bonds. The Morgan fingerprint density at radius 3 is 2.62 bits per heavy atom. The molecule has 1 saturated carbocycles. The van der Waals surface area contributed by atoms with Crippen LogP contribution in [0.4, 0.5) is 0 Å². The number of benzene rings is 1. The quantitative estimate of drug-likeness (QED) is 0.918. The molecule has 0 bridgehead atoms. The van der Waals surface area contributed by atoms with Crippen molar-refractivity contribution in [3.05, 3.63) is 46.5 Å². The van der Waals surface area contributed by atoms with Crippen LogP contribution in [0.25, 0.3) is 0 Å². The maximum atomic E-state index is 4.41. The van der Waals surface area contributed by atoms with E-state index in [1.807, 2.05) is 4.68 Å². The zero-order valence-corrected chi connectivity index (χ0v) is 14.3. The molecule has 0 saturated heterocycles. The highest BCUT2D eigenvalue weighted by Crippen LogP contribution is 2.48. The average molecular weight is 349 g/mol. The molecule has 1 aliphatic carbocycles. The van der Waals surface area contributed by atoms with E-state index in [9.17, 15) is 0 Å². The van der Waals surface area contributed by atoms with Crippen molar-refractivity contribution in [1.29, 1.82) is 0 Å². The second-order valence-electron chi connectivity index (χ2n) is 6.67. The van der Waals surface area contributed by atoms with Crippen molar-refractivity contribution in [2.24, 2.45) is 0 Å². The van der Waals surface area contributed by atoms with Gasteiger partial charge in [0.25, 0.3) is 0 Å². The average Bonchev–Trinajstić information content (AvgIpc) is 3.04. The Kier molecular flexibility index (Phi) is 3.66. The summed E-state index contributed by atoms with van der Waals surface area (Å²) >= 11 is 3.66. The minimum atomic E-state index is -0.0441. The maximum absolute atomic E-state index is 4.41. The lowest BCUT2D eigenvalue weighted by Crippen LogP contribution is -2.33. The first kappa shape index (κ1) is 14.7. The fraction of sp³-hybridized carbons (Fsp3) is 0.500. The molecule has 1 heterocycles. The van der Waals surface area contributed by atoms with Gasteiger partial charge in [0.15, 0.2) is 0 Å². The number of halogens is 1. The van der Waals surface area contributed by atoms with Crippen LogP contribution in [0.15, 0.2) is 35.1 Å². The van der Waals surface area contributed by atoms with E-state index >= 15 is 0 Å². The monoisotopic (exact) mass is 348 g/mol. The number of nitrogens with zero attached hydrogens (tertiary/aromatic N) is 3. The van der Waals surface area contributed by atoms with Gasteiger partial charge in [0.05, 0.1) is 12.1 Å². The molecule has 0 unspecified atom stereocenters. The van der Waals surface area contributed by atoms with Gasteiger partial charge in [-0.25, -0.2) is 9.67 Å². The molecule has 1 aromatic carbocycles. The number of aromatic nitrogens is 3. The predicted octanol–water partition coefficient (Wildman–Crippen LogP) is 3.57. The second kappa shape index (κ2) is 5.21. The van der Waals surface area contributed by atoms with Gasteiger partial charge >= 0.3 is 0 Å². The Bertz CT molecular complexity index is 638. The minimum absolute atomic E-state index is 0.0441. The van der Waals surface area contributed by atoms with E-state index in [2.05, 4.69) is 76.4 Å². The predicted molar refractivity (Wildman–Crippen MR) is 86.9 cm³/mol. The molecule has 0 atom stereocenters. The number of hydrogen-bond donors (Lipinski definition) is 1. The van der Waals surface area contributed by atoms with E-state index in [1.54, 1.807) is 6.33 Å². The summed E-state index contributed by atoms with van der Waals surface area (Å²) in [5, 5.41) is 8.04. The third-order valence-corrected chi connectivity index (χ3v) is 4.67. The molecule has 4 nitrogen and oxygen atoms in total.